The first kappa shape index (κ1) is 12.6. The van der Waals surface area contributed by atoms with Crippen LogP contribution in [0.15, 0.2) is 28.8 Å². The van der Waals surface area contributed by atoms with Crippen LogP contribution in [0, 0.1) is 12.7 Å². The number of halogens is 1. The molecular formula is C13H15FN2O2. The predicted octanol–water partition coefficient (Wildman–Crippen LogP) is 2.20. The molecule has 0 fully saturated rings. The maximum absolute atomic E-state index is 13.1. The summed E-state index contributed by atoms with van der Waals surface area (Å²) in [4.78, 5) is 0. The molecule has 0 radical (unpaired) electrons. The van der Waals surface area contributed by atoms with Gasteiger partial charge in [-0.15, -0.1) is 0 Å². The van der Waals surface area contributed by atoms with E-state index in [4.69, 9.17) is 15.0 Å². The molecule has 0 aliphatic carbocycles. The van der Waals surface area contributed by atoms with E-state index in [-0.39, 0.29) is 5.82 Å². The van der Waals surface area contributed by atoms with Crippen LogP contribution in [0.4, 0.5) is 4.39 Å². The molecule has 4 nitrogen and oxygen atoms in total. The standard InChI is InChI=1S/C13H15FN2O2/c1-9-6-12(16-18-9)8-17-13-3-2-11(14)7-10(13)4-5-15/h2-3,6-7H,4-5,8,15H2,1H3. The number of nitrogens with zero attached hydrogens (tertiary/aromatic N) is 1. The molecule has 0 saturated heterocycles. The lowest BCUT2D eigenvalue weighted by molar-refractivity contribution is 0.285. The molecule has 1 aromatic heterocycles. The maximum atomic E-state index is 13.1. The molecule has 96 valence electrons. The van der Waals surface area contributed by atoms with Crippen LogP contribution in [0.5, 0.6) is 5.75 Å². The van der Waals surface area contributed by atoms with Gasteiger partial charge >= 0.3 is 0 Å². The van der Waals surface area contributed by atoms with E-state index in [1.165, 1.54) is 12.1 Å². The summed E-state index contributed by atoms with van der Waals surface area (Å²) in [5.74, 6) is 1.07. The molecule has 1 heterocycles. The van der Waals surface area contributed by atoms with E-state index in [9.17, 15) is 4.39 Å². The summed E-state index contributed by atoms with van der Waals surface area (Å²) in [6, 6.07) is 6.21. The minimum atomic E-state index is -0.289. The summed E-state index contributed by atoms with van der Waals surface area (Å²) in [7, 11) is 0. The quantitative estimate of drug-likeness (QED) is 0.883. The number of nitrogens with two attached hydrogens (primary N) is 1. The van der Waals surface area contributed by atoms with E-state index in [1.807, 2.05) is 6.92 Å². The first-order valence-corrected chi connectivity index (χ1v) is 5.72. The average Bonchev–Trinajstić information content (AvgIpc) is 2.75. The Labute approximate surface area is 105 Å². The predicted molar refractivity (Wildman–Crippen MR) is 64.7 cm³/mol. The number of ether oxygens (including phenoxy) is 1. The van der Waals surface area contributed by atoms with Gasteiger partial charge in [-0.05, 0) is 43.7 Å². The third-order valence-electron chi connectivity index (χ3n) is 2.49. The van der Waals surface area contributed by atoms with Crippen molar-refractivity contribution in [3.8, 4) is 5.75 Å². The fourth-order valence-corrected chi connectivity index (χ4v) is 1.68. The number of rotatable bonds is 5. The summed E-state index contributed by atoms with van der Waals surface area (Å²) >= 11 is 0. The van der Waals surface area contributed by atoms with E-state index in [0.717, 1.165) is 11.3 Å². The molecule has 0 amide bonds. The molecule has 0 unspecified atom stereocenters. The van der Waals surface area contributed by atoms with Crippen molar-refractivity contribution in [2.24, 2.45) is 5.73 Å². The third-order valence-corrected chi connectivity index (χ3v) is 2.49. The van der Waals surface area contributed by atoms with Gasteiger partial charge in [0.1, 0.15) is 29.6 Å². The molecule has 2 aromatic rings. The van der Waals surface area contributed by atoms with Crippen LogP contribution < -0.4 is 10.5 Å². The molecule has 0 atom stereocenters. The first-order valence-electron chi connectivity index (χ1n) is 5.72. The Morgan fingerprint density at radius 2 is 2.22 bits per heavy atom. The summed E-state index contributed by atoms with van der Waals surface area (Å²) in [6.45, 7) is 2.55. The third kappa shape index (κ3) is 3.07. The molecule has 0 bridgehead atoms. The Balaban J connectivity index is 2.08. The number of aryl methyl sites for hydroxylation is 1. The molecule has 1 aromatic carbocycles. The van der Waals surface area contributed by atoms with Gasteiger partial charge in [0.2, 0.25) is 0 Å². The SMILES string of the molecule is Cc1cc(COc2ccc(F)cc2CCN)no1. The van der Waals surface area contributed by atoms with Crippen molar-refractivity contribution < 1.29 is 13.7 Å². The van der Waals surface area contributed by atoms with Gasteiger partial charge in [0.15, 0.2) is 0 Å². The molecule has 0 aliphatic heterocycles. The van der Waals surface area contributed by atoms with E-state index < -0.39 is 0 Å². The van der Waals surface area contributed by atoms with Gasteiger partial charge in [-0.3, -0.25) is 0 Å². The Kier molecular flexibility index (Phi) is 3.94. The largest absolute Gasteiger partial charge is 0.487 e. The van der Waals surface area contributed by atoms with E-state index in [0.29, 0.717) is 31.0 Å². The highest BCUT2D eigenvalue weighted by atomic mass is 19.1. The van der Waals surface area contributed by atoms with Gasteiger partial charge in [0.25, 0.3) is 0 Å². The smallest absolute Gasteiger partial charge is 0.134 e. The lowest BCUT2D eigenvalue weighted by atomic mass is 10.1. The van der Waals surface area contributed by atoms with Crippen molar-refractivity contribution in [1.29, 1.82) is 0 Å². The minimum Gasteiger partial charge on any atom is -0.487 e. The Bertz CT molecular complexity index is 525. The van der Waals surface area contributed by atoms with E-state index >= 15 is 0 Å². The molecular weight excluding hydrogens is 235 g/mol. The van der Waals surface area contributed by atoms with Crippen molar-refractivity contribution in [3.63, 3.8) is 0 Å². The molecule has 18 heavy (non-hydrogen) atoms. The molecule has 2 rings (SSSR count). The Morgan fingerprint density at radius 1 is 1.39 bits per heavy atom. The zero-order valence-electron chi connectivity index (χ0n) is 10.1. The molecule has 0 spiro atoms. The second-order valence-electron chi connectivity index (χ2n) is 4.01. The lowest BCUT2D eigenvalue weighted by Crippen LogP contribution is -2.06. The summed E-state index contributed by atoms with van der Waals surface area (Å²) in [5, 5.41) is 3.83. The van der Waals surface area contributed by atoms with Crippen LogP contribution in [0.25, 0.3) is 0 Å². The molecule has 0 aliphatic rings. The number of aromatic nitrogens is 1. The molecule has 2 N–H and O–H groups in total. The second kappa shape index (κ2) is 5.64. The minimum absolute atomic E-state index is 0.289. The van der Waals surface area contributed by atoms with Gasteiger partial charge in [0, 0.05) is 6.07 Å². The second-order valence-corrected chi connectivity index (χ2v) is 4.01. The monoisotopic (exact) mass is 250 g/mol. The summed E-state index contributed by atoms with van der Waals surface area (Å²) in [5.41, 5.74) is 6.95. The topological polar surface area (TPSA) is 61.3 Å². The fourth-order valence-electron chi connectivity index (χ4n) is 1.68. The van der Waals surface area contributed by atoms with Crippen LogP contribution in [-0.2, 0) is 13.0 Å². The van der Waals surface area contributed by atoms with Gasteiger partial charge < -0.3 is 15.0 Å². The van der Waals surface area contributed by atoms with Crippen LogP contribution >= 0.6 is 0 Å². The van der Waals surface area contributed by atoms with Crippen molar-refractivity contribution in [2.45, 2.75) is 20.0 Å². The maximum Gasteiger partial charge on any atom is 0.134 e. The van der Waals surface area contributed by atoms with Crippen molar-refractivity contribution in [2.75, 3.05) is 6.54 Å². The van der Waals surface area contributed by atoms with Crippen molar-refractivity contribution in [3.05, 3.63) is 47.1 Å². The van der Waals surface area contributed by atoms with Gasteiger partial charge in [0.05, 0.1) is 0 Å². The number of hydrogen-bond donors (Lipinski definition) is 1. The fraction of sp³-hybridized carbons (Fsp3) is 0.308. The number of benzene rings is 1. The van der Waals surface area contributed by atoms with Gasteiger partial charge in [-0.2, -0.15) is 0 Å². The normalized spacial score (nSPS) is 10.6. The van der Waals surface area contributed by atoms with Crippen LogP contribution in [0.2, 0.25) is 0 Å². The Morgan fingerprint density at radius 3 is 2.89 bits per heavy atom. The Hall–Kier alpha value is -1.88. The molecule has 0 saturated carbocycles. The van der Waals surface area contributed by atoms with Gasteiger partial charge in [-0.1, -0.05) is 5.16 Å². The molecule has 5 heteroatoms. The van der Waals surface area contributed by atoms with Crippen LogP contribution in [-0.4, -0.2) is 11.7 Å². The van der Waals surface area contributed by atoms with Crippen molar-refractivity contribution >= 4 is 0 Å². The van der Waals surface area contributed by atoms with Gasteiger partial charge in [-0.25, -0.2) is 4.39 Å². The summed E-state index contributed by atoms with van der Waals surface area (Å²) in [6.07, 6.45) is 0.574. The first-order chi connectivity index (χ1) is 8.69. The number of hydrogen-bond acceptors (Lipinski definition) is 4. The van der Waals surface area contributed by atoms with Crippen LogP contribution in [0.1, 0.15) is 17.0 Å². The van der Waals surface area contributed by atoms with E-state index in [1.54, 1.807) is 12.1 Å². The summed E-state index contributed by atoms with van der Waals surface area (Å²) < 4.78 is 23.7. The van der Waals surface area contributed by atoms with Crippen LogP contribution in [0.3, 0.4) is 0 Å². The zero-order valence-corrected chi connectivity index (χ0v) is 10.1. The highest BCUT2D eigenvalue weighted by Gasteiger charge is 2.07. The average molecular weight is 250 g/mol. The lowest BCUT2D eigenvalue weighted by Gasteiger charge is -2.09. The highest BCUT2D eigenvalue weighted by molar-refractivity contribution is 5.34. The zero-order chi connectivity index (χ0) is 13.0. The van der Waals surface area contributed by atoms with Crippen molar-refractivity contribution in [1.82, 2.24) is 5.16 Å². The highest BCUT2D eigenvalue weighted by Crippen LogP contribution is 2.21. The van der Waals surface area contributed by atoms with E-state index in [2.05, 4.69) is 5.16 Å².